The van der Waals surface area contributed by atoms with E-state index < -0.39 is 69.3 Å². The number of hydrogen-bond donors (Lipinski definition) is 5. The average molecular weight is 1390 g/mol. The Hall–Kier alpha value is -3.37. The molecule has 0 spiro atoms. The summed E-state index contributed by atoms with van der Waals surface area (Å²) in [7, 11) is 0. The molecular weight excluding hydrogens is 1370 g/mol. The van der Waals surface area contributed by atoms with Gasteiger partial charge in [0.1, 0.15) is 17.5 Å². The summed E-state index contributed by atoms with van der Waals surface area (Å²) in [6, 6.07) is 18.3. The molecule has 0 aromatic heterocycles. The molecule has 10 aromatic carbocycles. The first-order chi connectivity index (χ1) is 37.3. The molecule has 10 aromatic rings. The maximum atomic E-state index is 13.5. The molecule has 0 amide bonds. The van der Waals surface area contributed by atoms with Gasteiger partial charge in [-0.25, -0.2) is 57.1 Å². The smallest absolute Gasteiger partial charge is 0.200 e. The zero-order chi connectivity index (χ0) is 60.0. The summed E-state index contributed by atoms with van der Waals surface area (Å²) >= 11 is 75.2. The predicted octanol–water partition coefficient (Wildman–Crippen LogP) is 22.4. The molecule has 0 atom stereocenters. The fourth-order valence-electron chi connectivity index (χ4n) is 6.80. The van der Waals surface area contributed by atoms with E-state index in [1.807, 2.05) is 0 Å². The first kappa shape index (κ1) is 65.8. The Morgan fingerprint density at radius 3 is 0.738 bits per heavy atom. The Kier molecular flexibility index (Phi) is 21.9. The zero-order valence-corrected chi connectivity index (χ0v) is 51.5. The van der Waals surface area contributed by atoms with Gasteiger partial charge in [-0.3, -0.25) is 0 Å². The lowest BCUT2D eigenvalue weighted by molar-refractivity contribution is 0.381. The van der Waals surface area contributed by atoms with Crippen molar-refractivity contribution >= 4 is 198 Å². The third-order valence-electron chi connectivity index (χ3n) is 10.9. The normalized spacial score (nSPS) is 10.9. The van der Waals surface area contributed by atoms with Gasteiger partial charge in [-0.1, -0.05) is 171 Å². The van der Waals surface area contributed by atoms with Gasteiger partial charge in [0.15, 0.2) is 46.5 Å². The average Bonchev–Trinajstić information content (AvgIpc) is 4.09. The topological polar surface area (TPSA) is 0 Å². The monoisotopic (exact) mass is 1390 g/mol. The highest BCUT2D eigenvalue weighted by atomic mass is 32.1. The Morgan fingerprint density at radius 2 is 0.463 bits per heavy atom. The molecule has 0 aliphatic heterocycles. The maximum Gasteiger partial charge on any atom is 0.200 e. The molecule has 0 radical (unpaired) electrons. The van der Waals surface area contributed by atoms with Gasteiger partial charge >= 0.3 is 0 Å². The van der Waals surface area contributed by atoms with Crippen molar-refractivity contribution in [1.29, 1.82) is 0 Å². The molecule has 10 rings (SSSR count). The summed E-state index contributed by atoms with van der Waals surface area (Å²) < 4.78 is 173. The molecule has 0 saturated heterocycles. The van der Waals surface area contributed by atoms with Gasteiger partial charge in [-0.05, 0) is 53.1 Å². The Morgan fingerprint density at radius 1 is 0.212 bits per heavy atom. The zero-order valence-electron chi connectivity index (χ0n) is 38.1. The van der Waals surface area contributed by atoms with Crippen LogP contribution in [0.4, 0.5) is 57.1 Å². The van der Waals surface area contributed by atoms with E-state index in [2.05, 4.69) is 75.4 Å². The van der Waals surface area contributed by atoms with Crippen LogP contribution in [0, 0.1) is 125 Å². The summed E-state index contributed by atoms with van der Waals surface area (Å²) in [5.41, 5.74) is 1.94. The Labute approximate surface area is 527 Å². The standard InChI is InChI=1S/2C11H5FS4.C10HF5S3.C10H5FS3.C9HF5S2/c12-6-3-1-5(2-4-6)7-8(13)10(15)11(16)9(7)14;12-6-3-1-2-5(4-6)7-8(13)10(15)11(16)9(7)14;11-3-1(2-8(16)10(18)9(2)17)4(12)6(14)7(15)5(3)13;11-6-3-1-5(2-4-6)7-8(12)10(14)9(7)13;10-3-1(2-8(15)9(2)16)4(11)6(13)7(14)5(3)12/h2*1-4,13H;16H;1-4,12H;15H. The molecule has 0 fully saturated rings. The van der Waals surface area contributed by atoms with Crippen LogP contribution in [0.1, 0.15) is 0 Å². The summed E-state index contributed by atoms with van der Waals surface area (Å²) in [4.78, 5) is 1.92. The van der Waals surface area contributed by atoms with Crippen LogP contribution in [0.2, 0.25) is 0 Å². The SMILES string of the molecule is Fc1c(F)c(F)c(-c2c(S)c(=S)c2=S)c(F)c1F.Fc1c(F)c(F)c(-c2c(S)c2=S)c(F)c1F.Fc1ccc(-c2c(S)c(=S)c(=S)c2=S)cc1.Fc1ccc(-c2c(S)c(=S)c2=S)cc1.Fc1cccc(-c2c(S)c(=S)c(=S)c2=S)c1. The largest absolute Gasteiger partial charge is 0.207 e. The first-order valence-corrected chi connectivity index (χ1v) is 27.5. The van der Waals surface area contributed by atoms with Crippen molar-refractivity contribution in [1.82, 2.24) is 0 Å². The molecule has 0 N–H and O–H groups in total. The second-order valence-corrected chi connectivity index (χ2v) is 22.4. The van der Waals surface area contributed by atoms with Crippen molar-refractivity contribution < 1.29 is 57.1 Å². The quantitative estimate of drug-likeness (QED) is 0.0368. The number of benzene rings is 5. The Balaban J connectivity index is 0.000000162. The van der Waals surface area contributed by atoms with Gasteiger partial charge in [0.25, 0.3) is 0 Å². The number of hydrogen-bond acceptors (Lipinski definition) is 16. The molecule has 408 valence electrons. The van der Waals surface area contributed by atoms with Crippen LogP contribution in [0.5, 0.6) is 0 Å². The van der Waals surface area contributed by atoms with Crippen molar-refractivity contribution in [3.05, 3.63) is 198 Å². The highest BCUT2D eigenvalue weighted by molar-refractivity contribution is 7.83. The number of thiol groups is 5. The van der Waals surface area contributed by atoms with E-state index in [9.17, 15) is 57.1 Å². The Bertz CT molecular complexity index is 4590. The van der Waals surface area contributed by atoms with Crippen molar-refractivity contribution in [2.75, 3.05) is 0 Å². The highest BCUT2D eigenvalue weighted by Crippen LogP contribution is 2.44. The molecule has 29 heteroatoms. The van der Waals surface area contributed by atoms with E-state index in [0.29, 0.717) is 57.0 Å². The second kappa shape index (κ2) is 26.7. The van der Waals surface area contributed by atoms with Gasteiger partial charge in [0.2, 0.25) is 11.6 Å². The fourth-order valence-corrected chi connectivity index (χ4v) is 12.0. The molecule has 0 aliphatic carbocycles. The molecule has 0 aliphatic rings. The predicted molar refractivity (Wildman–Crippen MR) is 326 cm³/mol. The molecule has 0 bridgehead atoms. The van der Waals surface area contributed by atoms with Crippen LogP contribution in [0.3, 0.4) is 0 Å². The third-order valence-corrected chi connectivity index (χ3v) is 19.1. The van der Waals surface area contributed by atoms with Gasteiger partial charge in [-0.2, -0.15) is 0 Å². The molecule has 0 nitrogen and oxygen atoms in total. The van der Waals surface area contributed by atoms with E-state index in [1.165, 1.54) is 36.4 Å². The second-order valence-electron chi connectivity index (χ2n) is 15.7. The van der Waals surface area contributed by atoms with Crippen LogP contribution < -0.4 is 0 Å². The summed E-state index contributed by atoms with van der Waals surface area (Å²) in [6.07, 6.45) is 0. The van der Waals surface area contributed by atoms with Crippen molar-refractivity contribution in [3.8, 4) is 55.6 Å². The fraction of sp³-hybridized carbons (Fsp3) is 0. The molecular formula is C51H17F13S16. The molecule has 0 unspecified atom stereocenters. The minimum atomic E-state index is -2.22. The maximum absolute atomic E-state index is 13.5. The van der Waals surface area contributed by atoms with Gasteiger partial charge < -0.3 is 0 Å². The van der Waals surface area contributed by atoms with Gasteiger partial charge in [-0.15, -0.1) is 63.1 Å². The molecule has 80 heavy (non-hydrogen) atoms. The molecule has 0 saturated carbocycles. The summed E-state index contributed by atoms with van der Waals surface area (Å²) in [6.45, 7) is 0. The van der Waals surface area contributed by atoms with E-state index in [1.54, 1.807) is 36.4 Å². The highest BCUT2D eigenvalue weighted by Gasteiger charge is 2.32. The minimum absolute atomic E-state index is 0.00606. The minimum Gasteiger partial charge on any atom is -0.207 e. The van der Waals surface area contributed by atoms with Gasteiger partial charge in [0, 0.05) is 52.3 Å². The van der Waals surface area contributed by atoms with E-state index in [-0.39, 0.29) is 51.9 Å². The van der Waals surface area contributed by atoms with Crippen LogP contribution in [-0.2, 0) is 0 Å². The first-order valence-electron chi connectivity index (χ1n) is 20.8. The number of rotatable bonds is 5. The lowest BCUT2D eigenvalue weighted by atomic mass is 10.0. The summed E-state index contributed by atoms with van der Waals surface area (Å²) in [5, 5.41) is 0. The van der Waals surface area contributed by atoms with E-state index in [4.69, 9.17) is 122 Å². The lowest BCUT2D eigenvalue weighted by Crippen LogP contribution is -2.06. The van der Waals surface area contributed by atoms with Crippen LogP contribution in [0.25, 0.3) is 55.6 Å². The van der Waals surface area contributed by atoms with Crippen LogP contribution >= 0.6 is 198 Å². The lowest BCUT2D eigenvalue weighted by Gasteiger charge is -2.13. The molecule has 0 heterocycles. The van der Waals surface area contributed by atoms with E-state index in [0.717, 1.165) is 27.1 Å². The van der Waals surface area contributed by atoms with E-state index >= 15 is 0 Å². The van der Waals surface area contributed by atoms with Crippen molar-refractivity contribution in [3.63, 3.8) is 0 Å². The number of halogens is 13. The van der Waals surface area contributed by atoms with Crippen LogP contribution in [0.15, 0.2) is 97.3 Å². The third kappa shape index (κ3) is 13.0. The van der Waals surface area contributed by atoms with Crippen molar-refractivity contribution in [2.45, 2.75) is 24.5 Å². The van der Waals surface area contributed by atoms with Gasteiger partial charge in [0.05, 0.1) is 60.7 Å². The summed E-state index contributed by atoms with van der Waals surface area (Å²) in [5.74, 6) is -21.0. The van der Waals surface area contributed by atoms with Crippen LogP contribution in [-0.4, -0.2) is 0 Å². The van der Waals surface area contributed by atoms with Crippen molar-refractivity contribution in [2.24, 2.45) is 0 Å².